The summed E-state index contributed by atoms with van der Waals surface area (Å²) in [7, 11) is 1.63. The number of rotatable bonds is 3. The molecule has 20 heavy (non-hydrogen) atoms. The quantitative estimate of drug-likeness (QED) is 0.799. The Morgan fingerprint density at radius 3 is 2.65 bits per heavy atom. The summed E-state index contributed by atoms with van der Waals surface area (Å²) < 4.78 is 0. The Bertz CT molecular complexity index is 649. The molecule has 0 aliphatic heterocycles. The van der Waals surface area contributed by atoms with Gasteiger partial charge < -0.3 is 15.1 Å². The summed E-state index contributed by atoms with van der Waals surface area (Å²) in [6, 6.07) is 2.99. The van der Waals surface area contributed by atoms with Crippen LogP contribution in [0.15, 0.2) is 18.3 Å². The van der Waals surface area contributed by atoms with E-state index in [9.17, 15) is 15.0 Å². The minimum Gasteiger partial charge on any atom is -0.508 e. The second-order valence-electron chi connectivity index (χ2n) is 4.56. The van der Waals surface area contributed by atoms with Gasteiger partial charge in [0.15, 0.2) is 0 Å². The van der Waals surface area contributed by atoms with E-state index in [0.717, 1.165) is 0 Å². The van der Waals surface area contributed by atoms with Gasteiger partial charge in [-0.3, -0.25) is 9.89 Å². The van der Waals surface area contributed by atoms with Crippen molar-refractivity contribution in [2.45, 2.75) is 20.3 Å². The molecule has 0 radical (unpaired) electrons. The third-order valence-corrected chi connectivity index (χ3v) is 3.30. The number of aryl methyl sites for hydroxylation is 1. The van der Waals surface area contributed by atoms with Crippen molar-refractivity contribution in [3.63, 3.8) is 0 Å². The number of carbonyl (C=O) groups excluding carboxylic acids is 1. The number of nitrogens with one attached hydrogen (secondary N) is 1. The molecule has 0 saturated carbocycles. The molecule has 1 aromatic heterocycles. The van der Waals surface area contributed by atoms with Gasteiger partial charge in [-0.1, -0.05) is 6.92 Å². The molecular weight excluding hydrogens is 258 g/mol. The summed E-state index contributed by atoms with van der Waals surface area (Å²) in [6.45, 7) is 3.36. The lowest BCUT2D eigenvalue weighted by atomic mass is 10.0. The van der Waals surface area contributed by atoms with E-state index in [2.05, 4.69) is 10.2 Å². The Morgan fingerprint density at radius 1 is 1.35 bits per heavy atom. The fraction of sp³-hybridized carbons (Fsp3) is 0.286. The van der Waals surface area contributed by atoms with Crippen molar-refractivity contribution in [1.82, 2.24) is 10.2 Å². The highest BCUT2D eigenvalue weighted by Crippen LogP contribution is 2.38. The van der Waals surface area contributed by atoms with Crippen molar-refractivity contribution in [1.29, 1.82) is 0 Å². The SMILES string of the molecule is CCc1cc(-c2[nH]ncc2N(C)C(C)=O)c(O)cc1O. The highest BCUT2D eigenvalue weighted by atomic mass is 16.3. The van der Waals surface area contributed by atoms with Gasteiger partial charge in [0.2, 0.25) is 5.91 Å². The summed E-state index contributed by atoms with van der Waals surface area (Å²) >= 11 is 0. The van der Waals surface area contributed by atoms with Crippen LogP contribution >= 0.6 is 0 Å². The van der Waals surface area contributed by atoms with Crippen molar-refractivity contribution in [3.05, 3.63) is 23.9 Å². The average molecular weight is 275 g/mol. The van der Waals surface area contributed by atoms with E-state index in [1.54, 1.807) is 13.1 Å². The minimum atomic E-state index is -0.137. The molecule has 106 valence electrons. The zero-order valence-corrected chi connectivity index (χ0v) is 11.6. The number of hydrogen-bond donors (Lipinski definition) is 3. The number of carbonyl (C=O) groups is 1. The number of anilines is 1. The summed E-state index contributed by atoms with van der Waals surface area (Å²) in [4.78, 5) is 12.9. The molecule has 0 unspecified atom stereocenters. The third-order valence-electron chi connectivity index (χ3n) is 3.30. The lowest BCUT2D eigenvalue weighted by molar-refractivity contribution is -0.116. The average Bonchev–Trinajstić information content (AvgIpc) is 2.86. The summed E-state index contributed by atoms with van der Waals surface area (Å²) in [5, 5.41) is 26.5. The van der Waals surface area contributed by atoms with Gasteiger partial charge in [0.1, 0.15) is 11.5 Å². The fourth-order valence-corrected chi connectivity index (χ4v) is 2.01. The number of nitrogens with zero attached hydrogens (tertiary/aromatic N) is 2. The van der Waals surface area contributed by atoms with Crippen LogP contribution in [0.3, 0.4) is 0 Å². The van der Waals surface area contributed by atoms with Crippen LogP contribution in [0.5, 0.6) is 11.5 Å². The number of phenols is 2. The number of benzene rings is 1. The van der Waals surface area contributed by atoms with Crippen LogP contribution in [0.25, 0.3) is 11.3 Å². The lowest BCUT2D eigenvalue weighted by Gasteiger charge is -2.16. The summed E-state index contributed by atoms with van der Waals surface area (Å²) in [6.07, 6.45) is 2.15. The molecule has 0 bridgehead atoms. The van der Waals surface area contributed by atoms with Crippen molar-refractivity contribution in [2.75, 3.05) is 11.9 Å². The van der Waals surface area contributed by atoms with E-state index >= 15 is 0 Å². The first-order valence-corrected chi connectivity index (χ1v) is 6.28. The largest absolute Gasteiger partial charge is 0.508 e. The van der Waals surface area contributed by atoms with Crippen LogP contribution in [0.2, 0.25) is 0 Å². The molecule has 2 aromatic rings. The topological polar surface area (TPSA) is 89.5 Å². The second-order valence-corrected chi connectivity index (χ2v) is 4.56. The fourth-order valence-electron chi connectivity index (χ4n) is 2.01. The zero-order chi connectivity index (χ0) is 14.9. The molecular formula is C14H17N3O3. The molecule has 0 aliphatic carbocycles. The van der Waals surface area contributed by atoms with Gasteiger partial charge in [-0.15, -0.1) is 0 Å². The third kappa shape index (κ3) is 2.32. The first kappa shape index (κ1) is 13.9. The molecule has 1 heterocycles. The normalized spacial score (nSPS) is 10.6. The molecule has 1 aromatic carbocycles. The molecule has 6 heteroatoms. The maximum Gasteiger partial charge on any atom is 0.223 e. The van der Waals surface area contributed by atoms with Crippen LogP contribution in [0, 0.1) is 0 Å². The predicted octanol–water partition coefficient (Wildman–Crippen LogP) is 2.03. The summed E-state index contributed by atoms with van der Waals surface area (Å²) in [5.74, 6) is -0.154. The van der Waals surface area contributed by atoms with E-state index in [4.69, 9.17) is 0 Å². The number of phenolic OH excluding ortho intramolecular Hbond substituents is 2. The van der Waals surface area contributed by atoms with E-state index in [0.29, 0.717) is 28.9 Å². The lowest BCUT2D eigenvalue weighted by Crippen LogP contribution is -2.22. The van der Waals surface area contributed by atoms with Gasteiger partial charge >= 0.3 is 0 Å². The molecule has 3 N–H and O–H groups in total. The highest BCUT2D eigenvalue weighted by Gasteiger charge is 2.18. The number of aromatic nitrogens is 2. The number of amides is 1. The van der Waals surface area contributed by atoms with E-state index < -0.39 is 0 Å². The number of H-pyrrole nitrogens is 1. The zero-order valence-electron chi connectivity index (χ0n) is 11.6. The molecule has 0 spiro atoms. The van der Waals surface area contributed by atoms with E-state index in [1.807, 2.05) is 6.92 Å². The molecule has 2 rings (SSSR count). The minimum absolute atomic E-state index is 0.0507. The summed E-state index contributed by atoms with van der Waals surface area (Å²) in [5.41, 5.74) is 2.32. The van der Waals surface area contributed by atoms with E-state index in [1.165, 1.54) is 24.1 Å². The molecule has 0 aliphatic rings. The maximum atomic E-state index is 11.5. The van der Waals surface area contributed by atoms with Gasteiger partial charge in [0, 0.05) is 25.6 Å². The van der Waals surface area contributed by atoms with Crippen LogP contribution in [0.1, 0.15) is 19.4 Å². The first-order valence-electron chi connectivity index (χ1n) is 6.28. The van der Waals surface area contributed by atoms with Crippen LogP contribution in [-0.4, -0.2) is 33.4 Å². The van der Waals surface area contributed by atoms with Crippen molar-refractivity contribution in [2.24, 2.45) is 0 Å². The monoisotopic (exact) mass is 275 g/mol. The predicted molar refractivity (Wildman–Crippen MR) is 75.8 cm³/mol. The second kappa shape index (κ2) is 5.24. The van der Waals surface area contributed by atoms with E-state index in [-0.39, 0.29) is 17.4 Å². The Hall–Kier alpha value is -2.50. The molecule has 0 saturated heterocycles. The van der Waals surface area contributed by atoms with Gasteiger partial charge in [-0.05, 0) is 18.1 Å². The maximum absolute atomic E-state index is 11.5. The van der Waals surface area contributed by atoms with Crippen LogP contribution in [-0.2, 0) is 11.2 Å². The molecule has 6 nitrogen and oxygen atoms in total. The smallest absolute Gasteiger partial charge is 0.223 e. The number of aromatic amines is 1. The van der Waals surface area contributed by atoms with Gasteiger partial charge in [-0.25, -0.2) is 0 Å². The molecule has 0 atom stereocenters. The van der Waals surface area contributed by atoms with Gasteiger partial charge in [0.25, 0.3) is 0 Å². The molecule has 1 amide bonds. The Morgan fingerprint density at radius 2 is 2.05 bits per heavy atom. The van der Waals surface area contributed by atoms with Crippen LogP contribution < -0.4 is 4.90 Å². The van der Waals surface area contributed by atoms with Crippen molar-refractivity contribution in [3.8, 4) is 22.8 Å². The molecule has 0 fully saturated rings. The van der Waals surface area contributed by atoms with Crippen molar-refractivity contribution >= 4 is 11.6 Å². The van der Waals surface area contributed by atoms with Gasteiger partial charge in [-0.2, -0.15) is 5.10 Å². The Labute approximate surface area is 116 Å². The van der Waals surface area contributed by atoms with Gasteiger partial charge in [0.05, 0.1) is 17.6 Å². The first-order chi connectivity index (χ1) is 9.45. The highest BCUT2D eigenvalue weighted by molar-refractivity contribution is 5.95. The number of aromatic hydroxyl groups is 2. The van der Waals surface area contributed by atoms with Crippen LogP contribution in [0.4, 0.5) is 5.69 Å². The Balaban J connectivity index is 2.58. The van der Waals surface area contributed by atoms with Crippen molar-refractivity contribution < 1.29 is 15.0 Å². The standard InChI is InChI=1S/C14H17N3O3/c1-4-9-5-10(13(20)6-12(9)19)14-11(7-15-16-14)17(3)8(2)18/h5-7,19-20H,4H2,1-3H3,(H,15,16). The number of hydrogen-bond acceptors (Lipinski definition) is 4. The Kier molecular flexibility index (Phi) is 3.65.